The maximum absolute atomic E-state index is 10.1. The van der Waals surface area contributed by atoms with Crippen molar-refractivity contribution in [1.82, 2.24) is 0 Å². The number of nitrogens with two attached hydrogens (primary N) is 1. The number of hydrogen-bond acceptors (Lipinski definition) is 3. The summed E-state index contributed by atoms with van der Waals surface area (Å²) in [7, 11) is -4.25. The van der Waals surface area contributed by atoms with Crippen molar-refractivity contribution < 1.29 is 15.7 Å². The lowest BCUT2D eigenvalue weighted by Gasteiger charge is -1.90. The summed E-state index contributed by atoms with van der Waals surface area (Å²) < 4.78 is 42.0. The lowest BCUT2D eigenvalue weighted by molar-refractivity contribution is 0.481. The van der Waals surface area contributed by atoms with E-state index in [9.17, 15) is 8.42 Å². The van der Waals surface area contributed by atoms with Gasteiger partial charge in [0.1, 0.15) is 0 Å². The Balaban J connectivity index is 4.16. The van der Waals surface area contributed by atoms with Gasteiger partial charge in [-0.2, -0.15) is 8.42 Å². The topological polar surface area (TPSA) is 80.4 Å². The summed E-state index contributed by atoms with van der Waals surface area (Å²) >= 11 is 0. The van der Waals surface area contributed by atoms with Crippen LogP contribution in [0.2, 0.25) is 0 Å². The lowest BCUT2D eigenvalue weighted by Crippen LogP contribution is -2.09. The number of rotatable bonds is 3. The number of hydrogen-bond donors (Lipinski definition) is 2. The molecule has 0 aliphatic rings. The van der Waals surface area contributed by atoms with E-state index < -0.39 is 28.8 Å². The van der Waals surface area contributed by atoms with E-state index in [4.69, 9.17) is 13.0 Å². The van der Waals surface area contributed by atoms with Crippen LogP contribution >= 0.6 is 0 Å². The molecule has 0 rings (SSSR count). The molecule has 0 radical (unpaired) electrons. The van der Waals surface area contributed by atoms with Crippen LogP contribution in [0.5, 0.6) is 0 Å². The lowest BCUT2D eigenvalue weighted by atomic mass is 10.5. The minimum atomic E-state index is -4.25. The largest absolute Gasteiger partial charge is 0.330 e. The van der Waals surface area contributed by atoms with Gasteiger partial charge in [-0.05, 0) is 12.9 Å². The molecule has 5 heteroatoms. The van der Waals surface area contributed by atoms with Gasteiger partial charge in [0.15, 0.2) is 0 Å². The van der Waals surface area contributed by atoms with Crippen molar-refractivity contribution in [3.63, 3.8) is 0 Å². The second-order valence-corrected chi connectivity index (χ2v) is 2.63. The van der Waals surface area contributed by atoms with E-state index in [0.717, 1.165) is 0 Å². The zero-order chi connectivity index (χ0) is 8.41. The summed E-state index contributed by atoms with van der Waals surface area (Å²) in [4.78, 5) is 0. The summed E-state index contributed by atoms with van der Waals surface area (Å²) in [6.45, 7) is -0.424. The van der Waals surface area contributed by atoms with E-state index in [1.54, 1.807) is 0 Å². The molecular weight excluding hydrogens is 130 g/mol. The van der Waals surface area contributed by atoms with Crippen molar-refractivity contribution in [2.45, 2.75) is 6.37 Å². The van der Waals surface area contributed by atoms with E-state index in [0.29, 0.717) is 0 Å². The molecule has 0 aromatic heterocycles. The minimum absolute atomic E-state index is 0.424. The third kappa shape index (κ3) is 5.87. The highest BCUT2D eigenvalue weighted by Crippen LogP contribution is 1.83. The summed E-state index contributed by atoms with van der Waals surface area (Å²) in [5.41, 5.74) is 4.86. The zero-order valence-corrected chi connectivity index (χ0v) is 4.98. The second-order valence-electron chi connectivity index (χ2n) is 1.18. The van der Waals surface area contributed by atoms with Gasteiger partial charge in [-0.3, -0.25) is 4.55 Å². The molecule has 0 aliphatic heterocycles. The fourth-order valence-corrected chi connectivity index (χ4v) is 0.564. The summed E-state index contributed by atoms with van der Waals surface area (Å²) in [6.07, 6.45) is -2.03. The third-order valence-corrected chi connectivity index (χ3v) is 0.998. The van der Waals surface area contributed by atoms with Crippen LogP contribution in [0, 0.1) is 0 Å². The fourth-order valence-electron chi connectivity index (χ4n) is 0.188. The summed E-state index contributed by atoms with van der Waals surface area (Å²) in [6, 6.07) is 0. The fraction of sp³-hybridized carbons (Fsp3) is 1.00. The van der Waals surface area contributed by atoms with Gasteiger partial charge in [0.25, 0.3) is 10.1 Å². The van der Waals surface area contributed by atoms with Gasteiger partial charge in [-0.15, -0.1) is 0 Å². The van der Waals surface area contributed by atoms with Crippen molar-refractivity contribution in [3.8, 4) is 0 Å². The monoisotopic (exact) mass is 141 g/mol. The van der Waals surface area contributed by atoms with Crippen LogP contribution in [0.1, 0.15) is 9.11 Å². The van der Waals surface area contributed by atoms with Crippen LogP contribution < -0.4 is 5.73 Å². The van der Waals surface area contributed by atoms with Crippen molar-refractivity contribution in [3.05, 3.63) is 0 Å². The van der Waals surface area contributed by atoms with E-state index in [1.807, 2.05) is 0 Å². The van der Waals surface area contributed by atoms with E-state index >= 15 is 0 Å². The molecule has 0 atom stereocenters. The Hall–Kier alpha value is -0.130. The Morgan fingerprint density at radius 1 is 1.75 bits per heavy atom. The molecule has 8 heavy (non-hydrogen) atoms. The SMILES string of the molecule is [2H]C([2H])(CN)CS(=O)(=O)O. The van der Waals surface area contributed by atoms with E-state index in [2.05, 4.69) is 0 Å². The van der Waals surface area contributed by atoms with Gasteiger partial charge in [0.05, 0.1) is 5.75 Å². The second kappa shape index (κ2) is 3.01. The Bertz CT molecular complexity index is 200. The van der Waals surface area contributed by atoms with Gasteiger partial charge in [0, 0.05) is 2.74 Å². The third-order valence-electron chi connectivity index (χ3n) is 0.429. The molecule has 4 nitrogen and oxygen atoms in total. The maximum atomic E-state index is 10.1. The molecule has 3 N–H and O–H groups in total. The summed E-state index contributed by atoms with van der Waals surface area (Å²) in [5.74, 6) is -0.948. The first-order valence-electron chi connectivity index (χ1n) is 2.92. The van der Waals surface area contributed by atoms with E-state index in [-0.39, 0.29) is 0 Å². The normalized spacial score (nSPS) is 17.2. The molecule has 50 valence electrons. The first kappa shape index (κ1) is 4.72. The molecule has 0 saturated heterocycles. The molecule has 0 fully saturated rings. The van der Waals surface area contributed by atoms with Crippen molar-refractivity contribution in [2.24, 2.45) is 5.73 Å². The van der Waals surface area contributed by atoms with Gasteiger partial charge in [-0.25, -0.2) is 0 Å². The van der Waals surface area contributed by atoms with Gasteiger partial charge in [0.2, 0.25) is 0 Å². The zero-order valence-electron chi connectivity index (χ0n) is 6.16. The van der Waals surface area contributed by atoms with Gasteiger partial charge < -0.3 is 5.73 Å². The van der Waals surface area contributed by atoms with E-state index in [1.165, 1.54) is 0 Å². The Morgan fingerprint density at radius 2 is 2.25 bits per heavy atom. The van der Waals surface area contributed by atoms with Crippen molar-refractivity contribution >= 4 is 10.1 Å². The van der Waals surface area contributed by atoms with Crippen LogP contribution in [0.3, 0.4) is 0 Å². The first-order valence-corrected chi connectivity index (χ1v) is 3.53. The predicted octanol–water partition coefficient (Wildman–Crippen LogP) is -0.777. The first-order chi connectivity index (χ1) is 4.27. The van der Waals surface area contributed by atoms with Crippen molar-refractivity contribution in [2.75, 3.05) is 12.3 Å². The Morgan fingerprint density at radius 3 is 2.38 bits per heavy atom. The highest BCUT2D eigenvalue weighted by molar-refractivity contribution is 7.85. The average Bonchev–Trinajstić information content (AvgIpc) is 1.60. The highest BCUT2D eigenvalue weighted by Gasteiger charge is 2.00. The molecule has 0 amide bonds. The summed E-state index contributed by atoms with van der Waals surface area (Å²) in [5, 5.41) is 0. The standard InChI is InChI=1S/C3H9NO3S/c4-2-1-3-8(5,6)7/h1-4H2,(H,5,6,7)/i1D2. The highest BCUT2D eigenvalue weighted by atomic mass is 32.2. The molecule has 0 heterocycles. The maximum Gasteiger partial charge on any atom is 0.264 e. The molecular formula is C3H9NO3S. The van der Waals surface area contributed by atoms with Gasteiger partial charge >= 0.3 is 0 Å². The molecule has 0 saturated carbocycles. The quantitative estimate of drug-likeness (QED) is 0.505. The molecule has 0 aromatic carbocycles. The smallest absolute Gasteiger partial charge is 0.264 e. The Kier molecular flexibility index (Phi) is 1.78. The molecule has 0 aliphatic carbocycles. The van der Waals surface area contributed by atoms with Crippen molar-refractivity contribution in [1.29, 1.82) is 0 Å². The van der Waals surface area contributed by atoms with Crippen LogP contribution in [-0.4, -0.2) is 25.3 Å². The molecule has 0 bridgehead atoms. The predicted molar refractivity (Wildman–Crippen MR) is 30.1 cm³/mol. The van der Waals surface area contributed by atoms with Crippen LogP contribution in [0.25, 0.3) is 0 Å². The molecule has 0 unspecified atom stereocenters. The van der Waals surface area contributed by atoms with Crippen LogP contribution in [0.4, 0.5) is 0 Å². The molecule has 0 spiro atoms. The Labute approximate surface area is 51.2 Å². The average molecular weight is 141 g/mol. The van der Waals surface area contributed by atoms with Crippen LogP contribution in [-0.2, 0) is 10.1 Å². The van der Waals surface area contributed by atoms with Crippen LogP contribution in [0.15, 0.2) is 0 Å². The molecule has 0 aromatic rings. The van der Waals surface area contributed by atoms with Gasteiger partial charge in [-0.1, -0.05) is 0 Å². The minimum Gasteiger partial charge on any atom is -0.330 e.